The van der Waals surface area contributed by atoms with Crippen molar-refractivity contribution in [1.29, 1.82) is 0 Å². The van der Waals surface area contributed by atoms with Gasteiger partial charge in [0.2, 0.25) is 0 Å². The maximum Gasteiger partial charge on any atom is 0.316 e. The van der Waals surface area contributed by atoms with Crippen molar-refractivity contribution in [3.63, 3.8) is 0 Å². The van der Waals surface area contributed by atoms with Gasteiger partial charge in [-0.05, 0) is 54.0 Å². The number of fused-ring (bicyclic) bond motifs is 3. The van der Waals surface area contributed by atoms with Crippen LogP contribution in [0.5, 0.6) is 0 Å². The Morgan fingerprint density at radius 3 is 2.44 bits per heavy atom. The third kappa shape index (κ3) is 6.67. The third-order valence-corrected chi connectivity index (χ3v) is 8.42. The number of ether oxygens (including phenoxy) is 1. The number of halogens is 1. The van der Waals surface area contributed by atoms with E-state index in [1.807, 2.05) is 72.8 Å². The van der Waals surface area contributed by atoms with E-state index in [0.29, 0.717) is 35.2 Å². The van der Waals surface area contributed by atoms with Gasteiger partial charge in [-0.2, -0.15) is 5.10 Å². The number of allylic oxidation sites excluding steroid dienone is 12. The summed E-state index contributed by atoms with van der Waals surface area (Å²) in [6, 6.07) is 18.1. The standard InChI is InChI=1S/C36H31IN4O2/c37-35-39-32(31-24-38-41-33(31)40-35)29-17-10-18-30(23-29)36(34(42)43-25-28-13-7-4-8-14-28)21-19-26-11-5-2-1-3-6-12-27(20-22-36)16-9-15-26/h1-18,23-24H,19-22,25H2,(H,38,39,40,41)/b2-1-,3-1?,5-2?,6-3-,11-5+,12-6?,15-9?,16-9?,26-11?,26-15+,27-12?,27-16?. The molecule has 0 radical (unpaired) electrons. The number of benzene rings is 2. The monoisotopic (exact) mass is 678 g/mol. The topological polar surface area (TPSA) is 80.8 Å². The van der Waals surface area contributed by atoms with E-state index in [1.165, 1.54) is 0 Å². The second-order valence-corrected chi connectivity index (χ2v) is 11.6. The second-order valence-electron chi connectivity index (χ2n) is 10.7. The highest BCUT2D eigenvalue weighted by Crippen LogP contribution is 2.41. The van der Waals surface area contributed by atoms with Crippen LogP contribution < -0.4 is 0 Å². The molecule has 2 bridgehead atoms. The van der Waals surface area contributed by atoms with Gasteiger partial charge in [0.15, 0.2) is 9.48 Å². The number of nitrogens with zero attached hydrogens (tertiary/aromatic N) is 3. The van der Waals surface area contributed by atoms with Gasteiger partial charge in [0.25, 0.3) is 0 Å². The minimum atomic E-state index is -0.888. The molecule has 1 unspecified atom stereocenters. The summed E-state index contributed by atoms with van der Waals surface area (Å²) < 4.78 is 6.78. The number of aromatic nitrogens is 4. The summed E-state index contributed by atoms with van der Waals surface area (Å²) in [7, 11) is 0. The lowest BCUT2D eigenvalue weighted by molar-refractivity contribution is -0.152. The van der Waals surface area contributed by atoms with Gasteiger partial charge >= 0.3 is 5.97 Å². The van der Waals surface area contributed by atoms with E-state index in [4.69, 9.17) is 9.72 Å². The molecule has 0 amide bonds. The summed E-state index contributed by atoms with van der Waals surface area (Å²) in [5, 5.41) is 8.00. The molecule has 6 nitrogen and oxygen atoms in total. The molecule has 2 aromatic carbocycles. The molecule has 2 aliphatic carbocycles. The molecule has 4 aromatic rings. The number of aromatic amines is 1. The quantitative estimate of drug-likeness (QED) is 0.131. The first-order chi connectivity index (χ1) is 21.1. The van der Waals surface area contributed by atoms with Crippen LogP contribution in [0.4, 0.5) is 0 Å². The number of nitrogens with one attached hydrogen (secondary N) is 1. The van der Waals surface area contributed by atoms with Gasteiger partial charge in [0.1, 0.15) is 6.61 Å². The zero-order chi connectivity index (χ0) is 29.5. The predicted molar refractivity (Wildman–Crippen MR) is 179 cm³/mol. The number of rotatable bonds is 5. The fourth-order valence-electron chi connectivity index (χ4n) is 5.59. The summed E-state index contributed by atoms with van der Waals surface area (Å²) in [5.41, 5.74) is 5.66. The largest absolute Gasteiger partial charge is 0.460 e. The number of hydrogen-bond acceptors (Lipinski definition) is 5. The molecule has 0 aliphatic heterocycles. The van der Waals surface area contributed by atoms with Crippen molar-refractivity contribution in [3.05, 3.63) is 148 Å². The highest BCUT2D eigenvalue weighted by Gasteiger charge is 2.41. The van der Waals surface area contributed by atoms with Crippen LogP contribution in [-0.4, -0.2) is 26.1 Å². The van der Waals surface area contributed by atoms with Crippen LogP contribution in [0, 0.1) is 3.83 Å². The molecule has 0 spiro atoms. The van der Waals surface area contributed by atoms with Gasteiger partial charge < -0.3 is 4.74 Å². The Bertz CT molecular complexity index is 1810. The van der Waals surface area contributed by atoms with Crippen molar-refractivity contribution >= 4 is 39.6 Å². The third-order valence-electron chi connectivity index (χ3n) is 7.94. The lowest BCUT2D eigenvalue weighted by Crippen LogP contribution is -2.38. The maximum atomic E-state index is 14.5. The van der Waals surface area contributed by atoms with Crippen LogP contribution in [0.1, 0.15) is 36.8 Å². The fraction of sp³-hybridized carbons (Fsp3) is 0.167. The van der Waals surface area contributed by atoms with Gasteiger partial charge in [-0.15, -0.1) is 0 Å². The van der Waals surface area contributed by atoms with E-state index in [0.717, 1.165) is 38.9 Å². The van der Waals surface area contributed by atoms with Crippen LogP contribution in [0.15, 0.2) is 133 Å². The fourth-order valence-corrected chi connectivity index (χ4v) is 6.08. The average Bonchev–Trinajstić information content (AvgIpc) is 3.50. The first-order valence-electron chi connectivity index (χ1n) is 14.4. The lowest BCUT2D eigenvalue weighted by atomic mass is 9.71. The van der Waals surface area contributed by atoms with E-state index in [2.05, 4.69) is 80.3 Å². The van der Waals surface area contributed by atoms with Crippen LogP contribution in [-0.2, 0) is 21.6 Å². The molecule has 7 heteroatoms. The van der Waals surface area contributed by atoms with Crippen molar-refractivity contribution < 1.29 is 9.53 Å². The van der Waals surface area contributed by atoms with Crippen molar-refractivity contribution in [3.8, 4) is 11.3 Å². The Hall–Kier alpha value is -4.37. The Balaban J connectivity index is 1.46. The molecular weight excluding hydrogens is 647 g/mol. The second kappa shape index (κ2) is 13.3. The smallest absolute Gasteiger partial charge is 0.316 e. The molecule has 1 N–H and O–H groups in total. The SMILES string of the molecule is O=C(OCc1ccccc1)C1(c2cccc(-c3nc(I)nc4[nH]ncc34)c2)CCC2=C\C=C/C=C\C=C\C(=C/C=C2)CC1. The van der Waals surface area contributed by atoms with Gasteiger partial charge in [-0.3, -0.25) is 9.89 Å². The maximum absolute atomic E-state index is 14.5. The Labute approximate surface area is 264 Å². The van der Waals surface area contributed by atoms with Crippen molar-refractivity contribution in [2.45, 2.75) is 37.7 Å². The predicted octanol–water partition coefficient (Wildman–Crippen LogP) is 8.27. The zero-order valence-corrected chi connectivity index (χ0v) is 25.8. The minimum absolute atomic E-state index is 0.214. The summed E-state index contributed by atoms with van der Waals surface area (Å²) in [6.45, 7) is 0.222. The van der Waals surface area contributed by atoms with E-state index in [1.54, 1.807) is 6.20 Å². The Kier molecular flexibility index (Phi) is 8.88. The number of carbonyl (C=O) groups excluding carboxylic acids is 1. The average molecular weight is 679 g/mol. The van der Waals surface area contributed by atoms with Gasteiger partial charge in [-0.25, -0.2) is 9.97 Å². The van der Waals surface area contributed by atoms with Crippen LogP contribution in [0.3, 0.4) is 0 Å². The van der Waals surface area contributed by atoms with Gasteiger partial charge in [-0.1, -0.05) is 109 Å². The first-order valence-corrected chi connectivity index (χ1v) is 15.5. The van der Waals surface area contributed by atoms with E-state index >= 15 is 0 Å². The summed E-state index contributed by atoms with van der Waals surface area (Å²) in [4.78, 5) is 23.7. The highest BCUT2D eigenvalue weighted by molar-refractivity contribution is 14.1. The molecule has 2 heterocycles. The van der Waals surface area contributed by atoms with Gasteiger partial charge in [0.05, 0.1) is 22.7 Å². The molecule has 2 aromatic heterocycles. The van der Waals surface area contributed by atoms with Crippen molar-refractivity contribution in [2.75, 3.05) is 0 Å². The molecule has 0 fully saturated rings. The van der Waals surface area contributed by atoms with E-state index in [-0.39, 0.29) is 12.6 Å². The Morgan fingerprint density at radius 1 is 0.860 bits per heavy atom. The highest BCUT2D eigenvalue weighted by atomic mass is 127. The van der Waals surface area contributed by atoms with Crippen LogP contribution >= 0.6 is 22.6 Å². The molecule has 2 aliphatic rings. The van der Waals surface area contributed by atoms with E-state index < -0.39 is 5.41 Å². The molecule has 214 valence electrons. The molecular formula is C36H31IN4O2. The molecule has 43 heavy (non-hydrogen) atoms. The summed E-state index contributed by atoms with van der Waals surface area (Å²) in [6.07, 6.45) is 25.2. The summed E-state index contributed by atoms with van der Waals surface area (Å²) in [5.74, 6) is -0.214. The van der Waals surface area contributed by atoms with Crippen LogP contribution in [0.2, 0.25) is 0 Å². The number of carbonyl (C=O) groups is 1. The molecule has 0 saturated carbocycles. The first kappa shape index (κ1) is 28.7. The van der Waals surface area contributed by atoms with Crippen molar-refractivity contribution in [1.82, 2.24) is 20.2 Å². The van der Waals surface area contributed by atoms with E-state index in [9.17, 15) is 4.79 Å². The molecule has 1 atom stereocenters. The van der Waals surface area contributed by atoms with Gasteiger partial charge in [0, 0.05) is 28.2 Å². The minimum Gasteiger partial charge on any atom is -0.460 e. The normalized spacial score (nSPS) is 22.1. The zero-order valence-electron chi connectivity index (χ0n) is 23.6. The van der Waals surface area contributed by atoms with Crippen LogP contribution in [0.25, 0.3) is 22.3 Å². The molecule has 0 saturated heterocycles. The Morgan fingerprint density at radius 2 is 1.60 bits per heavy atom. The summed E-state index contributed by atoms with van der Waals surface area (Å²) >= 11 is 2.13. The number of esters is 1. The van der Waals surface area contributed by atoms with Crippen molar-refractivity contribution in [2.24, 2.45) is 0 Å². The lowest BCUT2D eigenvalue weighted by Gasteiger charge is -2.33. The number of hydrogen-bond donors (Lipinski definition) is 1. The number of H-pyrrole nitrogens is 1. The molecule has 6 rings (SSSR count).